The first-order valence-electron chi connectivity index (χ1n) is 5.17. The fourth-order valence-electron chi connectivity index (χ4n) is 1.79. The van der Waals surface area contributed by atoms with Crippen molar-refractivity contribution in [3.8, 4) is 0 Å². The number of aromatic nitrogens is 3. The number of β-lactam (4-membered cyclic amide) rings is 1. The highest BCUT2D eigenvalue weighted by atomic mass is 32.2. The number of aliphatic hydroxyl groups excluding tert-OH is 1. The van der Waals surface area contributed by atoms with Gasteiger partial charge in [-0.15, -0.1) is 16.9 Å². The second-order valence-electron chi connectivity index (χ2n) is 3.72. The normalized spacial score (nSPS) is 24.3. The van der Waals surface area contributed by atoms with Crippen molar-refractivity contribution < 1.29 is 9.90 Å². The molecule has 6 nitrogen and oxygen atoms in total. The Morgan fingerprint density at radius 2 is 2.47 bits per heavy atom. The lowest BCUT2D eigenvalue weighted by Crippen LogP contribution is -2.47. The van der Waals surface area contributed by atoms with E-state index in [1.165, 1.54) is 0 Å². The van der Waals surface area contributed by atoms with Crippen LogP contribution in [0.5, 0.6) is 0 Å². The summed E-state index contributed by atoms with van der Waals surface area (Å²) in [5.41, 5.74) is 1.39. The summed E-state index contributed by atoms with van der Waals surface area (Å²) in [6, 6.07) is 0. The molecule has 3 heterocycles. The average molecular weight is 250 g/mol. The molecule has 3 rings (SSSR count). The fourth-order valence-corrected chi connectivity index (χ4v) is 2.75. The van der Waals surface area contributed by atoms with Gasteiger partial charge < -0.3 is 5.11 Å². The molecule has 1 fully saturated rings. The molecule has 0 saturated carbocycles. The summed E-state index contributed by atoms with van der Waals surface area (Å²) >= 11 is 1.60. The van der Waals surface area contributed by atoms with E-state index in [1.807, 2.05) is 5.41 Å². The second kappa shape index (κ2) is 4.01. The van der Waals surface area contributed by atoms with Crippen LogP contribution in [-0.4, -0.2) is 42.9 Å². The molecule has 1 aromatic heterocycles. The fraction of sp³-hybridized carbons (Fsp3) is 0.300. The largest absolute Gasteiger partial charge is 0.394 e. The maximum Gasteiger partial charge on any atom is 0.258 e. The zero-order valence-corrected chi connectivity index (χ0v) is 9.67. The monoisotopic (exact) mass is 250 g/mol. The number of fused-ring (bicyclic) bond motifs is 1. The lowest BCUT2D eigenvalue weighted by molar-refractivity contribution is -0.130. The topological polar surface area (TPSA) is 71.2 Å². The Morgan fingerprint density at radius 1 is 1.59 bits per heavy atom. The van der Waals surface area contributed by atoms with E-state index in [2.05, 4.69) is 10.3 Å². The molecule has 0 radical (unpaired) electrons. The third-order valence-corrected chi connectivity index (χ3v) is 3.64. The number of amides is 1. The van der Waals surface area contributed by atoms with Crippen LogP contribution in [0.15, 0.2) is 23.4 Å². The molecule has 0 bridgehead atoms. The van der Waals surface area contributed by atoms with Gasteiger partial charge >= 0.3 is 0 Å². The van der Waals surface area contributed by atoms with Crippen molar-refractivity contribution in [1.29, 1.82) is 0 Å². The predicted octanol–water partition coefficient (Wildman–Crippen LogP) is 0.0401. The van der Waals surface area contributed by atoms with Gasteiger partial charge in [-0.3, -0.25) is 9.69 Å². The molecule has 0 unspecified atom stereocenters. The van der Waals surface area contributed by atoms with Gasteiger partial charge in [-0.2, -0.15) is 0 Å². The molecule has 1 saturated heterocycles. The number of carbonyl (C=O) groups excluding carboxylic acids is 1. The summed E-state index contributed by atoms with van der Waals surface area (Å²) in [7, 11) is 0. The second-order valence-corrected chi connectivity index (χ2v) is 4.71. The van der Waals surface area contributed by atoms with Gasteiger partial charge in [-0.1, -0.05) is 5.21 Å². The minimum atomic E-state index is 0.0213. The molecular weight excluding hydrogens is 240 g/mol. The number of carbonyl (C=O) groups is 1. The molecule has 0 aliphatic carbocycles. The number of hydrogen-bond acceptors (Lipinski definition) is 5. The number of hydrogen-bond donors (Lipinski definition) is 1. The van der Waals surface area contributed by atoms with Crippen molar-refractivity contribution in [1.82, 2.24) is 19.9 Å². The average Bonchev–Trinajstić information content (AvgIpc) is 2.93. The smallest absolute Gasteiger partial charge is 0.258 e. The Bertz CT molecular complexity index is 522. The van der Waals surface area contributed by atoms with E-state index >= 15 is 0 Å². The highest BCUT2D eigenvalue weighted by molar-refractivity contribution is 8.03. The number of rotatable bonds is 3. The third kappa shape index (κ3) is 1.67. The van der Waals surface area contributed by atoms with Crippen LogP contribution in [0, 0.1) is 0 Å². The molecular formula is C10H10N4O2S. The molecule has 1 amide bonds. The molecule has 17 heavy (non-hydrogen) atoms. The summed E-state index contributed by atoms with van der Waals surface area (Å²) in [6.45, 7) is 0.435. The van der Waals surface area contributed by atoms with Crippen LogP contribution in [0.2, 0.25) is 0 Å². The first kappa shape index (κ1) is 10.5. The predicted molar refractivity (Wildman–Crippen MR) is 62.4 cm³/mol. The van der Waals surface area contributed by atoms with E-state index in [-0.39, 0.29) is 17.9 Å². The quantitative estimate of drug-likeness (QED) is 0.606. The van der Waals surface area contributed by atoms with Crippen molar-refractivity contribution in [2.45, 2.75) is 11.9 Å². The third-order valence-electron chi connectivity index (χ3n) is 2.62. The SMILES string of the molecule is O=C1/C(=C/c2cn(CCO)nn2)[C@H]2SC=CN12. The van der Waals surface area contributed by atoms with Gasteiger partial charge in [0, 0.05) is 6.20 Å². The number of aliphatic hydroxyl groups is 1. The van der Waals surface area contributed by atoms with Crippen molar-refractivity contribution >= 4 is 23.7 Å². The Morgan fingerprint density at radius 3 is 3.29 bits per heavy atom. The first-order chi connectivity index (χ1) is 8.29. The molecule has 88 valence electrons. The Hall–Kier alpha value is -1.60. The molecule has 0 spiro atoms. The van der Waals surface area contributed by atoms with Crippen LogP contribution >= 0.6 is 11.8 Å². The Balaban J connectivity index is 1.79. The van der Waals surface area contributed by atoms with E-state index in [4.69, 9.17) is 5.11 Å². The standard InChI is InChI=1S/C10H10N4O2S/c15-3-1-13-6-7(11-12-13)5-8-9(16)14-2-4-17-10(8)14/h2,4-6,10,15H,1,3H2/b8-5-/t10-/m1/s1. The van der Waals surface area contributed by atoms with Crippen LogP contribution in [-0.2, 0) is 11.3 Å². The lowest BCUT2D eigenvalue weighted by atomic mass is 10.1. The first-order valence-corrected chi connectivity index (χ1v) is 6.11. The van der Waals surface area contributed by atoms with Crippen LogP contribution in [0.4, 0.5) is 0 Å². The highest BCUT2D eigenvalue weighted by Gasteiger charge is 2.43. The van der Waals surface area contributed by atoms with Crippen LogP contribution in [0.25, 0.3) is 6.08 Å². The van der Waals surface area contributed by atoms with Gasteiger partial charge in [-0.25, -0.2) is 4.68 Å². The summed E-state index contributed by atoms with van der Waals surface area (Å²) in [5, 5.41) is 18.5. The summed E-state index contributed by atoms with van der Waals surface area (Å²) in [4.78, 5) is 13.4. The number of nitrogens with zero attached hydrogens (tertiary/aromatic N) is 4. The minimum absolute atomic E-state index is 0.0213. The zero-order valence-electron chi connectivity index (χ0n) is 8.85. The summed E-state index contributed by atoms with van der Waals surface area (Å²) in [5.74, 6) is 0.0213. The molecule has 1 aromatic rings. The van der Waals surface area contributed by atoms with E-state index in [0.29, 0.717) is 12.2 Å². The van der Waals surface area contributed by atoms with E-state index in [9.17, 15) is 4.79 Å². The van der Waals surface area contributed by atoms with Crippen LogP contribution in [0.1, 0.15) is 5.69 Å². The molecule has 2 aliphatic rings. The minimum Gasteiger partial charge on any atom is -0.394 e. The molecule has 1 N–H and O–H groups in total. The van der Waals surface area contributed by atoms with Gasteiger partial charge in [0.25, 0.3) is 5.91 Å². The maximum absolute atomic E-state index is 11.7. The summed E-state index contributed by atoms with van der Waals surface area (Å²) < 4.78 is 1.55. The zero-order chi connectivity index (χ0) is 11.8. The maximum atomic E-state index is 11.7. The van der Waals surface area contributed by atoms with E-state index in [0.717, 1.165) is 5.57 Å². The van der Waals surface area contributed by atoms with Gasteiger partial charge in [0.1, 0.15) is 11.1 Å². The van der Waals surface area contributed by atoms with Crippen molar-refractivity contribution in [2.75, 3.05) is 6.61 Å². The van der Waals surface area contributed by atoms with Gasteiger partial charge in [0.2, 0.25) is 0 Å². The molecule has 2 aliphatic heterocycles. The highest BCUT2D eigenvalue weighted by Crippen LogP contribution is 2.40. The number of thioether (sulfide) groups is 1. The van der Waals surface area contributed by atoms with Crippen molar-refractivity contribution in [3.63, 3.8) is 0 Å². The van der Waals surface area contributed by atoms with Crippen molar-refractivity contribution in [2.24, 2.45) is 0 Å². The van der Waals surface area contributed by atoms with Gasteiger partial charge in [-0.05, 0) is 11.5 Å². The van der Waals surface area contributed by atoms with Crippen molar-refractivity contribution in [3.05, 3.63) is 29.1 Å². The van der Waals surface area contributed by atoms with Crippen LogP contribution in [0.3, 0.4) is 0 Å². The Kier molecular flexibility index (Phi) is 2.49. The van der Waals surface area contributed by atoms with E-state index < -0.39 is 0 Å². The van der Waals surface area contributed by atoms with Gasteiger partial charge in [0.05, 0.1) is 24.9 Å². The Labute approximate surface area is 102 Å². The molecule has 7 heteroatoms. The van der Waals surface area contributed by atoms with Crippen LogP contribution < -0.4 is 0 Å². The molecule has 0 aromatic carbocycles. The molecule has 1 atom stereocenters. The lowest BCUT2D eigenvalue weighted by Gasteiger charge is -2.35. The summed E-state index contributed by atoms with van der Waals surface area (Å²) in [6.07, 6.45) is 5.26. The van der Waals surface area contributed by atoms with Gasteiger partial charge in [0.15, 0.2) is 0 Å². The van der Waals surface area contributed by atoms with E-state index in [1.54, 1.807) is 39.8 Å².